The van der Waals surface area contributed by atoms with Crippen LogP contribution in [0.15, 0.2) is 0 Å². The lowest BCUT2D eigenvalue weighted by atomic mass is 10.0. The number of unbranched alkanes of at least 4 members (excludes halogenated alkanes) is 46. The molecule has 0 fully saturated rings. The molecule has 0 bridgehead atoms. The molecule has 0 spiro atoms. The number of ether oxygens (including phenoxy) is 2. The molecule has 430 valence electrons. The molecule has 0 aliphatic rings. The summed E-state index contributed by atoms with van der Waals surface area (Å²) in [6.07, 6.45) is 63.8. The molecule has 0 aromatic heterocycles. The molecule has 0 saturated heterocycles. The van der Waals surface area contributed by atoms with Gasteiger partial charge in [-0.25, -0.2) is 4.57 Å². The van der Waals surface area contributed by atoms with E-state index in [0.717, 1.165) is 38.5 Å². The Bertz CT molecular complexity index is 1180. The smallest absolute Gasteiger partial charge is 0.462 e. The number of esters is 2. The first-order valence-corrected chi connectivity index (χ1v) is 33.3. The first kappa shape index (κ1) is 71.0. The number of phosphoric acid groups is 1. The van der Waals surface area contributed by atoms with Crippen LogP contribution in [0.25, 0.3) is 0 Å². The Morgan fingerprint density at radius 2 is 0.625 bits per heavy atom. The van der Waals surface area contributed by atoms with Crippen LogP contribution in [-0.2, 0) is 32.7 Å². The van der Waals surface area contributed by atoms with E-state index >= 15 is 0 Å². The minimum absolute atomic E-state index is 0.0371. The Balaban J connectivity index is 3.78. The van der Waals surface area contributed by atoms with E-state index in [4.69, 9.17) is 18.5 Å². The number of carbonyl (C=O) groups excluding carboxylic acids is 2. The number of hydrogen-bond acceptors (Lipinski definition) is 7. The number of nitrogens with zero attached hydrogens (tertiary/aromatic N) is 1. The van der Waals surface area contributed by atoms with Gasteiger partial charge >= 0.3 is 19.8 Å². The molecule has 2 unspecified atom stereocenters. The van der Waals surface area contributed by atoms with Gasteiger partial charge in [0.05, 0.1) is 27.7 Å². The highest BCUT2D eigenvalue weighted by Gasteiger charge is 2.27. The minimum atomic E-state index is -4.37. The molecule has 0 radical (unpaired) electrons. The summed E-state index contributed by atoms with van der Waals surface area (Å²) >= 11 is 0. The lowest BCUT2D eigenvalue weighted by Crippen LogP contribution is -2.37. The van der Waals surface area contributed by atoms with E-state index in [2.05, 4.69) is 13.8 Å². The fraction of sp³-hybridized carbons (Fsp3) is 0.968. The summed E-state index contributed by atoms with van der Waals surface area (Å²) < 4.78 is 34.5. The van der Waals surface area contributed by atoms with Crippen molar-refractivity contribution in [2.45, 2.75) is 341 Å². The van der Waals surface area contributed by atoms with Gasteiger partial charge in [-0.1, -0.05) is 309 Å². The normalized spacial score (nSPS) is 13.1. The van der Waals surface area contributed by atoms with E-state index in [1.54, 1.807) is 0 Å². The molecule has 72 heavy (non-hydrogen) atoms. The van der Waals surface area contributed by atoms with Crippen LogP contribution in [0.2, 0.25) is 0 Å². The fourth-order valence-corrected chi connectivity index (χ4v) is 10.5. The Morgan fingerprint density at radius 3 is 0.889 bits per heavy atom. The number of quaternary nitrogens is 1. The second-order valence-corrected chi connectivity index (χ2v) is 24.6. The number of carbonyl (C=O) groups is 2. The second-order valence-electron chi connectivity index (χ2n) is 23.2. The van der Waals surface area contributed by atoms with Gasteiger partial charge in [0.2, 0.25) is 0 Å². The van der Waals surface area contributed by atoms with Crippen molar-refractivity contribution >= 4 is 19.8 Å². The predicted molar refractivity (Wildman–Crippen MR) is 308 cm³/mol. The van der Waals surface area contributed by atoms with Crippen LogP contribution < -0.4 is 0 Å². The van der Waals surface area contributed by atoms with Crippen LogP contribution in [0.1, 0.15) is 335 Å². The molecule has 10 heteroatoms. The third-order valence-electron chi connectivity index (χ3n) is 14.6. The molecule has 0 aliphatic heterocycles. The summed E-state index contributed by atoms with van der Waals surface area (Å²) in [5.74, 6) is -0.779. The molecule has 0 amide bonds. The zero-order valence-corrected chi connectivity index (χ0v) is 49.9. The van der Waals surface area contributed by atoms with Crippen LogP contribution in [0.5, 0.6) is 0 Å². The van der Waals surface area contributed by atoms with Crippen LogP contribution in [0, 0.1) is 0 Å². The summed E-state index contributed by atoms with van der Waals surface area (Å²) in [6, 6.07) is 0. The maximum Gasteiger partial charge on any atom is 0.472 e. The monoisotopic (exact) mass is 1040 g/mol. The summed E-state index contributed by atoms with van der Waals surface area (Å²) in [6.45, 7) is 4.47. The van der Waals surface area contributed by atoms with Gasteiger partial charge in [-0.05, 0) is 12.8 Å². The van der Waals surface area contributed by atoms with Crippen molar-refractivity contribution in [2.24, 2.45) is 0 Å². The summed E-state index contributed by atoms with van der Waals surface area (Å²) in [7, 11) is 1.50. The highest BCUT2D eigenvalue weighted by molar-refractivity contribution is 7.47. The van der Waals surface area contributed by atoms with Crippen molar-refractivity contribution in [1.82, 2.24) is 0 Å². The van der Waals surface area contributed by atoms with Gasteiger partial charge in [0.25, 0.3) is 0 Å². The molecule has 1 N–H and O–H groups in total. The summed E-state index contributed by atoms with van der Waals surface area (Å²) in [5.41, 5.74) is 0. The summed E-state index contributed by atoms with van der Waals surface area (Å²) in [5, 5.41) is 0. The molecule has 0 saturated carbocycles. The molecule has 9 nitrogen and oxygen atoms in total. The number of rotatable bonds is 60. The molecule has 0 aliphatic carbocycles. The van der Waals surface area contributed by atoms with Crippen molar-refractivity contribution in [1.29, 1.82) is 0 Å². The van der Waals surface area contributed by atoms with Crippen LogP contribution in [0.3, 0.4) is 0 Å². The molecular formula is C62H125NO8P+. The third kappa shape index (κ3) is 58.3. The minimum Gasteiger partial charge on any atom is -0.462 e. The van der Waals surface area contributed by atoms with Crippen molar-refractivity contribution in [3.63, 3.8) is 0 Å². The molecular weight excluding hydrogens is 918 g/mol. The number of likely N-dealkylation sites (N-methyl/N-ethyl adjacent to an activating group) is 1. The van der Waals surface area contributed by atoms with E-state index < -0.39 is 26.5 Å². The molecule has 0 aromatic rings. The third-order valence-corrected chi connectivity index (χ3v) is 15.6. The van der Waals surface area contributed by atoms with Crippen molar-refractivity contribution in [2.75, 3.05) is 47.5 Å². The largest absolute Gasteiger partial charge is 0.472 e. The van der Waals surface area contributed by atoms with Gasteiger partial charge in [-0.3, -0.25) is 18.6 Å². The molecule has 0 aromatic carbocycles. The van der Waals surface area contributed by atoms with E-state index in [0.29, 0.717) is 17.4 Å². The van der Waals surface area contributed by atoms with Crippen LogP contribution >= 0.6 is 7.82 Å². The van der Waals surface area contributed by atoms with Gasteiger partial charge in [0.1, 0.15) is 19.8 Å². The van der Waals surface area contributed by atoms with E-state index in [1.165, 1.54) is 270 Å². The second kappa shape index (κ2) is 54.8. The Labute approximate surface area is 448 Å². The van der Waals surface area contributed by atoms with E-state index in [1.807, 2.05) is 21.1 Å². The van der Waals surface area contributed by atoms with Crippen molar-refractivity contribution < 1.29 is 42.1 Å². The lowest BCUT2D eigenvalue weighted by molar-refractivity contribution is -0.870. The van der Waals surface area contributed by atoms with Crippen LogP contribution in [-0.4, -0.2) is 74.9 Å². The highest BCUT2D eigenvalue weighted by Crippen LogP contribution is 2.43. The van der Waals surface area contributed by atoms with Gasteiger partial charge in [-0.15, -0.1) is 0 Å². The average Bonchev–Trinajstić information content (AvgIpc) is 3.34. The van der Waals surface area contributed by atoms with Gasteiger partial charge in [-0.2, -0.15) is 0 Å². The fourth-order valence-electron chi connectivity index (χ4n) is 9.73. The van der Waals surface area contributed by atoms with Gasteiger partial charge < -0.3 is 18.9 Å². The average molecular weight is 1040 g/mol. The van der Waals surface area contributed by atoms with Crippen molar-refractivity contribution in [3.05, 3.63) is 0 Å². The SMILES string of the molecule is CCCCCCCCCCCCCCCCCCCCCCCCCCCCCCCCCCCCCCCCC(=O)OC(COC(=O)CCCCCCCCCCCC)COP(=O)(O)OCC[N+](C)(C)C. The Morgan fingerprint density at radius 1 is 0.375 bits per heavy atom. The van der Waals surface area contributed by atoms with Gasteiger partial charge in [0.15, 0.2) is 6.10 Å². The highest BCUT2D eigenvalue weighted by atomic mass is 31.2. The molecule has 0 rings (SSSR count). The lowest BCUT2D eigenvalue weighted by Gasteiger charge is -2.24. The summed E-state index contributed by atoms with van der Waals surface area (Å²) in [4.78, 5) is 35.5. The zero-order valence-electron chi connectivity index (χ0n) is 49.0. The van der Waals surface area contributed by atoms with E-state index in [9.17, 15) is 19.0 Å². The maximum atomic E-state index is 12.8. The molecule has 0 heterocycles. The number of hydrogen-bond donors (Lipinski definition) is 1. The van der Waals surface area contributed by atoms with Gasteiger partial charge in [0, 0.05) is 12.8 Å². The first-order chi connectivity index (χ1) is 35.0. The standard InChI is InChI=1S/C62H124NO8P/c1-6-8-10-12-14-16-18-19-20-21-22-23-24-25-26-27-28-29-30-31-32-33-34-35-36-37-38-39-40-41-42-43-44-45-47-49-51-53-55-62(65)71-60(59-70-72(66,67)69-57-56-63(3,4)5)58-68-61(64)54-52-50-48-46-17-15-13-11-9-7-2/h60H,6-59H2,1-5H3/p+1. The number of phosphoric ester groups is 1. The molecule has 2 atom stereocenters. The zero-order chi connectivity index (χ0) is 52.7. The topological polar surface area (TPSA) is 108 Å². The predicted octanol–water partition coefficient (Wildman–Crippen LogP) is 19.8. The Kier molecular flexibility index (Phi) is 54.0. The first-order valence-electron chi connectivity index (χ1n) is 31.8. The van der Waals surface area contributed by atoms with E-state index in [-0.39, 0.29) is 25.6 Å². The van der Waals surface area contributed by atoms with Crippen molar-refractivity contribution in [3.8, 4) is 0 Å². The quantitative estimate of drug-likeness (QED) is 0.0278. The Hall–Kier alpha value is -0.990. The maximum absolute atomic E-state index is 12.8. The van der Waals surface area contributed by atoms with Crippen LogP contribution in [0.4, 0.5) is 0 Å².